The Balaban J connectivity index is 2.30. The van der Waals surface area contributed by atoms with Crippen LogP contribution in [0.25, 0.3) is 0 Å². The molecule has 2 N–H and O–H groups in total. The zero-order valence-corrected chi connectivity index (χ0v) is 15.8. The van der Waals surface area contributed by atoms with E-state index in [-0.39, 0.29) is 17.8 Å². The molecule has 2 atom stereocenters. The Morgan fingerprint density at radius 1 is 1.38 bits per heavy atom. The van der Waals surface area contributed by atoms with Crippen molar-refractivity contribution >= 4 is 23.8 Å². The summed E-state index contributed by atoms with van der Waals surface area (Å²) in [6, 6.07) is 4.76. The lowest BCUT2D eigenvalue weighted by Crippen LogP contribution is -2.38. The number of alkyl halides is 2. The van der Waals surface area contributed by atoms with Crippen LogP contribution in [0.4, 0.5) is 14.5 Å². The Morgan fingerprint density at radius 2 is 2.14 bits per heavy atom. The molecule has 1 aromatic carbocycles. The van der Waals surface area contributed by atoms with Gasteiger partial charge >= 0.3 is 0 Å². The Morgan fingerprint density at radius 3 is 2.69 bits per heavy atom. The first-order valence-electron chi connectivity index (χ1n) is 8.69. The van der Waals surface area contributed by atoms with E-state index < -0.39 is 28.2 Å². The third kappa shape index (κ3) is 3.50. The largest absolute Gasteiger partial charge is 0.421 e. The lowest BCUT2D eigenvalue weighted by Gasteiger charge is -2.35. The predicted molar refractivity (Wildman–Crippen MR) is 103 cm³/mol. The minimum atomic E-state index is -2.96. The van der Waals surface area contributed by atoms with Crippen LogP contribution in [-0.4, -0.2) is 38.7 Å². The average Bonchev–Trinajstić information content (AvgIpc) is 3.06. The molecule has 152 valence electrons. The number of carbonyl (C=O) groups excluding carboxylic acids is 2. The second-order valence-corrected chi connectivity index (χ2v) is 6.67. The van der Waals surface area contributed by atoms with E-state index >= 15 is 0 Å². The highest BCUT2D eigenvalue weighted by atomic mass is 19.3. The van der Waals surface area contributed by atoms with Gasteiger partial charge in [-0.15, -0.1) is 4.59 Å². The number of hydrogen-bond acceptors (Lipinski definition) is 5. The van der Waals surface area contributed by atoms with Gasteiger partial charge in [0.2, 0.25) is 17.4 Å². The van der Waals surface area contributed by atoms with Crippen molar-refractivity contribution in [2.75, 3.05) is 14.2 Å². The molecular weight excluding hydrogens is 384 g/mol. The summed E-state index contributed by atoms with van der Waals surface area (Å²) in [5, 5.41) is 4.09. The van der Waals surface area contributed by atoms with E-state index in [1.165, 1.54) is 20.4 Å². The maximum Gasteiger partial charge on any atom is 0.298 e. The Labute approximate surface area is 166 Å². The Kier molecular flexibility index (Phi) is 5.45. The van der Waals surface area contributed by atoms with Gasteiger partial charge in [-0.05, 0) is 12.1 Å². The summed E-state index contributed by atoms with van der Waals surface area (Å²) in [4.78, 5) is 23.0. The fourth-order valence-corrected chi connectivity index (χ4v) is 3.62. The fourth-order valence-electron chi connectivity index (χ4n) is 3.62. The first-order chi connectivity index (χ1) is 13.8. The summed E-state index contributed by atoms with van der Waals surface area (Å²) in [5.74, 6) is -1.04. The summed E-state index contributed by atoms with van der Waals surface area (Å²) in [5.41, 5.74) is 4.85. The summed E-state index contributed by atoms with van der Waals surface area (Å²) in [6.45, 7) is 0.0610. The number of ether oxygens (including phenoxy) is 2. The number of methoxy groups -OCH3 is 1. The van der Waals surface area contributed by atoms with Gasteiger partial charge in [-0.2, -0.15) is 0 Å². The molecule has 1 aliphatic heterocycles. The maximum absolute atomic E-state index is 13.5. The number of carbonyl (C=O) groups is 2. The highest BCUT2D eigenvalue weighted by Crippen LogP contribution is 2.44. The smallest absolute Gasteiger partial charge is 0.298 e. The number of allylic oxidation sites excluding steroid dienone is 3. The van der Waals surface area contributed by atoms with Crippen molar-refractivity contribution in [3.05, 3.63) is 65.6 Å². The number of quaternary nitrogens is 1. The van der Waals surface area contributed by atoms with Gasteiger partial charge in [-0.25, -0.2) is 8.78 Å². The highest BCUT2D eigenvalue weighted by Gasteiger charge is 2.45. The molecule has 1 amide bonds. The van der Waals surface area contributed by atoms with E-state index in [0.29, 0.717) is 17.7 Å². The zero-order valence-electron chi connectivity index (χ0n) is 15.8. The Bertz CT molecular complexity index is 970. The number of hydrogen-bond donors (Lipinski definition) is 1. The quantitative estimate of drug-likeness (QED) is 0.559. The van der Waals surface area contributed by atoms with Crippen LogP contribution in [-0.2, 0) is 19.9 Å². The molecule has 2 unspecified atom stereocenters. The molecule has 0 fully saturated rings. The predicted octanol–water partition coefficient (Wildman–Crippen LogP) is 2.73. The van der Waals surface area contributed by atoms with Crippen molar-refractivity contribution in [1.29, 1.82) is 0 Å². The van der Waals surface area contributed by atoms with E-state index in [1.807, 2.05) is 12.2 Å². The van der Waals surface area contributed by atoms with Gasteiger partial charge in [0, 0.05) is 19.6 Å². The van der Waals surface area contributed by atoms with Crippen molar-refractivity contribution < 1.29 is 27.8 Å². The van der Waals surface area contributed by atoms with Gasteiger partial charge in [0.25, 0.3) is 12.9 Å². The minimum Gasteiger partial charge on any atom is -0.421 e. The molecule has 29 heavy (non-hydrogen) atoms. The average molecular weight is 404 g/mol. The molecule has 1 aromatic rings. The van der Waals surface area contributed by atoms with E-state index in [4.69, 9.17) is 15.2 Å². The molecular formula is C20H20F2N3O4+. The van der Waals surface area contributed by atoms with Crippen molar-refractivity contribution in [3.63, 3.8) is 0 Å². The number of rotatable bonds is 7. The molecule has 1 heterocycles. The molecule has 0 spiro atoms. The van der Waals surface area contributed by atoms with Crippen LogP contribution in [0.15, 0.2) is 59.6 Å². The summed E-state index contributed by atoms with van der Waals surface area (Å²) < 4.78 is 37.0. The zero-order chi connectivity index (χ0) is 21.2. The van der Waals surface area contributed by atoms with Gasteiger partial charge < -0.3 is 15.2 Å². The lowest BCUT2D eigenvalue weighted by atomic mass is 9.82. The number of benzene rings is 1. The summed E-state index contributed by atoms with van der Waals surface area (Å²) >= 11 is 0. The van der Waals surface area contributed by atoms with Gasteiger partial charge in [0.05, 0.1) is 11.1 Å². The first kappa shape index (κ1) is 20.6. The van der Waals surface area contributed by atoms with Crippen molar-refractivity contribution in [2.24, 2.45) is 10.8 Å². The highest BCUT2D eigenvalue weighted by molar-refractivity contribution is 6.04. The van der Waals surface area contributed by atoms with E-state index in [1.54, 1.807) is 30.4 Å². The summed E-state index contributed by atoms with van der Waals surface area (Å²) in [7, 11) is 3.01. The van der Waals surface area contributed by atoms with Crippen LogP contribution in [0.2, 0.25) is 0 Å². The first-order valence-corrected chi connectivity index (χ1v) is 8.69. The Hall–Kier alpha value is -3.17. The molecule has 0 saturated carbocycles. The standard InChI is InChI=1S/C20H19F2N3O4/c1-25(11-15(29-12-26)17(24-25)18(21)22)14-8-6-7-13(19(23)27)16(14)20(28-2)9-4-3-5-10-20/h3-9,11-12,18H,10H2,1-2H3,(H-,23,27)/p+1. The van der Waals surface area contributed by atoms with Crippen molar-refractivity contribution in [1.82, 2.24) is 4.59 Å². The van der Waals surface area contributed by atoms with E-state index in [2.05, 4.69) is 5.10 Å². The second-order valence-electron chi connectivity index (χ2n) is 6.67. The number of halogens is 2. The third-order valence-electron chi connectivity index (χ3n) is 4.94. The van der Waals surface area contributed by atoms with Crippen LogP contribution < -0.4 is 10.3 Å². The van der Waals surface area contributed by atoms with Gasteiger partial charge in [0.1, 0.15) is 12.6 Å². The monoisotopic (exact) mass is 404 g/mol. The number of nitrogens with zero attached hydrogens (tertiary/aromatic N) is 2. The van der Waals surface area contributed by atoms with Gasteiger partial charge in [0.15, 0.2) is 11.9 Å². The van der Waals surface area contributed by atoms with Crippen molar-refractivity contribution in [2.45, 2.75) is 18.4 Å². The molecule has 0 saturated heterocycles. The van der Waals surface area contributed by atoms with E-state index in [0.717, 1.165) is 0 Å². The lowest BCUT2D eigenvalue weighted by molar-refractivity contribution is -0.124. The molecule has 1 aliphatic carbocycles. The van der Waals surface area contributed by atoms with Crippen LogP contribution >= 0.6 is 0 Å². The number of primary amides is 1. The maximum atomic E-state index is 13.5. The van der Waals surface area contributed by atoms with Crippen LogP contribution in [0.1, 0.15) is 22.3 Å². The number of nitrogens with two attached hydrogens (primary N) is 1. The topological polar surface area (TPSA) is 91.0 Å². The van der Waals surface area contributed by atoms with Gasteiger partial charge in [-0.1, -0.05) is 29.4 Å². The number of amides is 1. The SMILES string of the molecule is COC1(c2c(C(N)=O)cccc2[N+]2(C)C=C(OC=O)C(C(F)F)=N2)C=CC=CC1. The molecule has 9 heteroatoms. The fraction of sp³-hybridized carbons (Fsp3) is 0.250. The van der Waals surface area contributed by atoms with Crippen LogP contribution in [0, 0.1) is 0 Å². The minimum absolute atomic E-state index is 0.0610. The normalized spacial score (nSPS) is 25.7. The van der Waals surface area contributed by atoms with Crippen LogP contribution in [0.3, 0.4) is 0 Å². The molecule has 0 aromatic heterocycles. The summed E-state index contributed by atoms with van der Waals surface area (Å²) in [6.07, 6.45) is 5.93. The van der Waals surface area contributed by atoms with Gasteiger partial charge in [-0.3, -0.25) is 9.59 Å². The molecule has 0 radical (unpaired) electrons. The second kappa shape index (κ2) is 7.69. The molecule has 0 bridgehead atoms. The molecule has 7 nitrogen and oxygen atoms in total. The van der Waals surface area contributed by atoms with Crippen LogP contribution in [0.5, 0.6) is 0 Å². The van der Waals surface area contributed by atoms with E-state index in [9.17, 15) is 18.4 Å². The third-order valence-corrected chi connectivity index (χ3v) is 4.94. The van der Waals surface area contributed by atoms with Crippen molar-refractivity contribution in [3.8, 4) is 0 Å². The molecule has 3 rings (SSSR count). The molecule has 2 aliphatic rings.